The minimum absolute atomic E-state index is 0.0478. The van der Waals surface area contributed by atoms with Gasteiger partial charge in [-0.25, -0.2) is 14.1 Å². The van der Waals surface area contributed by atoms with Crippen molar-refractivity contribution in [1.82, 2.24) is 9.88 Å². The Balaban J connectivity index is 1.53. The summed E-state index contributed by atoms with van der Waals surface area (Å²) < 4.78 is 26.7. The lowest BCUT2D eigenvalue weighted by atomic mass is 9.78. The summed E-state index contributed by atoms with van der Waals surface area (Å²) >= 11 is 0. The molecule has 2 atom stereocenters. The number of urea groups is 1. The average molecular weight is 528 g/mol. The van der Waals surface area contributed by atoms with Crippen LogP contribution in [-0.4, -0.2) is 41.6 Å². The Kier molecular flexibility index (Phi) is 6.05. The molecule has 1 N–H and O–H groups in total. The van der Waals surface area contributed by atoms with E-state index in [4.69, 9.17) is 9.47 Å². The summed E-state index contributed by atoms with van der Waals surface area (Å²) in [5.41, 5.74) is 2.02. The topological polar surface area (TPSA) is 74.9 Å². The minimum atomic E-state index is -1.32. The third kappa shape index (κ3) is 3.69. The van der Waals surface area contributed by atoms with Gasteiger partial charge < -0.3 is 19.4 Å². The van der Waals surface area contributed by atoms with Crippen LogP contribution in [0.3, 0.4) is 0 Å². The molecule has 2 aliphatic rings. The summed E-state index contributed by atoms with van der Waals surface area (Å²) in [6.07, 6.45) is 0.872. The second-order valence-corrected chi connectivity index (χ2v) is 10.1. The van der Waals surface area contributed by atoms with Crippen LogP contribution in [0.15, 0.2) is 66.7 Å². The maximum atomic E-state index is 14.8. The Morgan fingerprint density at radius 1 is 1.00 bits per heavy atom. The molecule has 1 aromatic heterocycles. The standard InChI is InChI=1S/C31H30FN3O4/c1-4-16-39-25-15-14-19(17-26(25)38-5-2)21-18-34-30(37)35(24-13-9-7-11-22(24)32)29(36)31(34,3)28-27(21)20-10-6-8-12-23(20)33-28/h6-15,17,21,33H,4-5,16,18H2,1-3H3/t21-,31-/m0/s1. The number of halogens is 1. The fourth-order valence-electron chi connectivity index (χ4n) is 5.88. The summed E-state index contributed by atoms with van der Waals surface area (Å²) in [6, 6.07) is 19.1. The number of hydrogen-bond acceptors (Lipinski definition) is 4. The lowest BCUT2D eigenvalue weighted by molar-refractivity contribution is -0.125. The quantitative estimate of drug-likeness (QED) is 0.285. The lowest BCUT2D eigenvalue weighted by Gasteiger charge is -2.40. The Bertz CT molecular complexity index is 1600. The van der Waals surface area contributed by atoms with Crippen molar-refractivity contribution in [2.24, 2.45) is 0 Å². The molecule has 6 rings (SSSR count). The van der Waals surface area contributed by atoms with Gasteiger partial charge in [-0.1, -0.05) is 43.3 Å². The van der Waals surface area contributed by atoms with Crippen LogP contribution in [0, 0.1) is 5.82 Å². The zero-order chi connectivity index (χ0) is 27.3. The van der Waals surface area contributed by atoms with Crippen molar-refractivity contribution in [3.63, 3.8) is 0 Å². The molecule has 0 unspecified atom stereocenters. The maximum Gasteiger partial charge on any atom is 0.332 e. The van der Waals surface area contributed by atoms with Crippen LogP contribution < -0.4 is 14.4 Å². The molecule has 0 bridgehead atoms. The number of nitrogens with zero attached hydrogens (tertiary/aromatic N) is 2. The zero-order valence-electron chi connectivity index (χ0n) is 22.2. The van der Waals surface area contributed by atoms with Gasteiger partial charge in [0.25, 0.3) is 5.91 Å². The van der Waals surface area contributed by atoms with Crippen LogP contribution in [0.4, 0.5) is 14.9 Å². The van der Waals surface area contributed by atoms with Crippen LogP contribution in [0.2, 0.25) is 0 Å². The van der Waals surface area contributed by atoms with Gasteiger partial charge in [-0.3, -0.25) is 4.79 Å². The van der Waals surface area contributed by atoms with Crippen molar-refractivity contribution in [3.8, 4) is 11.5 Å². The van der Waals surface area contributed by atoms with Gasteiger partial charge in [-0.2, -0.15) is 0 Å². The molecule has 0 spiro atoms. The van der Waals surface area contributed by atoms with Crippen molar-refractivity contribution < 1.29 is 23.5 Å². The van der Waals surface area contributed by atoms with Crippen molar-refractivity contribution >= 4 is 28.5 Å². The van der Waals surface area contributed by atoms with Crippen LogP contribution in [-0.2, 0) is 10.3 Å². The van der Waals surface area contributed by atoms with E-state index in [-0.39, 0.29) is 18.2 Å². The first-order valence-electron chi connectivity index (χ1n) is 13.3. The van der Waals surface area contributed by atoms with Gasteiger partial charge in [0, 0.05) is 23.4 Å². The highest BCUT2D eigenvalue weighted by atomic mass is 19.1. The summed E-state index contributed by atoms with van der Waals surface area (Å²) in [5, 5.41) is 0.979. The van der Waals surface area contributed by atoms with E-state index in [0.29, 0.717) is 30.4 Å². The van der Waals surface area contributed by atoms with Crippen molar-refractivity contribution in [3.05, 3.63) is 89.4 Å². The molecular formula is C31H30FN3O4. The second kappa shape index (κ2) is 9.45. The van der Waals surface area contributed by atoms with E-state index < -0.39 is 23.3 Å². The molecule has 4 aromatic rings. The summed E-state index contributed by atoms with van der Waals surface area (Å²) in [6.45, 7) is 7.00. The van der Waals surface area contributed by atoms with Crippen molar-refractivity contribution in [2.75, 3.05) is 24.7 Å². The molecule has 7 nitrogen and oxygen atoms in total. The maximum absolute atomic E-state index is 14.8. The number of aromatic nitrogens is 1. The van der Waals surface area contributed by atoms with E-state index in [1.807, 2.05) is 56.3 Å². The third-order valence-electron chi connectivity index (χ3n) is 7.75. The van der Waals surface area contributed by atoms with Crippen molar-refractivity contribution in [2.45, 2.75) is 38.6 Å². The molecule has 39 heavy (non-hydrogen) atoms. The fraction of sp³-hybridized carbons (Fsp3) is 0.290. The predicted molar refractivity (Wildman–Crippen MR) is 147 cm³/mol. The van der Waals surface area contributed by atoms with Crippen LogP contribution >= 0.6 is 0 Å². The zero-order valence-corrected chi connectivity index (χ0v) is 22.2. The lowest BCUT2D eigenvalue weighted by Crippen LogP contribution is -2.50. The van der Waals surface area contributed by atoms with Gasteiger partial charge in [-0.15, -0.1) is 0 Å². The van der Waals surface area contributed by atoms with Gasteiger partial charge in [0.2, 0.25) is 0 Å². The van der Waals surface area contributed by atoms with Crippen LogP contribution in [0.25, 0.3) is 10.9 Å². The van der Waals surface area contributed by atoms with E-state index in [1.165, 1.54) is 18.2 Å². The van der Waals surface area contributed by atoms with E-state index in [0.717, 1.165) is 33.4 Å². The van der Waals surface area contributed by atoms with Gasteiger partial charge >= 0.3 is 6.03 Å². The SMILES string of the molecule is CCCOc1ccc([C@@H]2CN3C(=O)N(c4ccccc4F)C(=O)[C@]3(C)c3[nH]c4ccccc4c32)cc1OCC. The molecule has 0 radical (unpaired) electrons. The summed E-state index contributed by atoms with van der Waals surface area (Å²) in [4.78, 5) is 33.9. The highest BCUT2D eigenvalue weighted by molar-refractivity contribution is 6.23. The molecular weight excluding hydrogens is 497 g/mol. The molecule has 8 heteroatoms. The normalized spacial score (nSPS) is 20.4. The molecule has 1 saturated heterocycles. The first kappa shape index (κ1) is 25.0. The second-order valence-electron chi connectivity index (χ2n) is 10.1. The van der Waals surface area contributed by atoms with Crippen LogP contribution in [0.5, 0.6) is 11.5 Å². The number of aromatic amines is 1. The van der Waals surface area contributed by atoms with Gasteiger partial charge in [0.05, 0.1) is 24.6 Å². The fourth-order valence-corrected chi connectivity index (χ4v) is 5.88. The monoisotopic (exact) mass is 527 g/mol. The highest BCUT2D eigenvalue weighted by Crippen LogP contribution is 2.51. The first-order valence-corrected chi connectivity index (χ1v) is 13.3. The summed E-state index contributed by atoms with van der Waals surface area (Å²) in [7, 11) is 0. The van der Waals surface area contributed by atoms with Gasteiger partial charge in [0.15, 0.2) is 17.0 Å². The number of fused-ring (bicyclic) bond motifs is 5. The average Bonchev–Trinajstić information content (AvgIpc) is 3.42. The highest BCUT2D eigenvalue weighted by Gasteiger charge is 2.61. The molecule has 200 valence electrons. The molecule has 0 saturated carbocycles. The number of amides is 3. The molecule has 3 aromatic carbocycles. The number of benzene rings is 3. The Labute approximate surface area is 226 Å². The van der Waals surface area contributed by atoms with E-state index in [9.17, 15) is 14.0 Å². The molecule has 1 fully saturated rings. The minimum Gasteiger partial charge on any atom is -0.490 e. The molecule has 3 heterocycles. The molecule has 0 aliphatic carbocycles. The predicted octanol–water partition coefficient (Wildman–Crippen LogP) is 6.32. The largest absolute Gasteiger partial charge is 0.490 e. The first-order chi connectivity index (χ1) is 18.9. The van der Waals surface area contributed by atoms with Crippen molar-refractivity contribution in [1.29, 1.82) is 0 Å². The van der Waals surface area contributed by atoms with Gasteiger partial charge in [0.1, 0.15) is 5.82 Å². The number of carbonyl (C=O) groups excluding carboxylic acids is 2. The van der Waals surface area contributed by atoms with E-state index in [1.54, 1.807) is 17.9 Å². The molecule has 3 amide bonds. The number of rotatable bonds is 7. The summed E-state index contributed by atoms with van der Waals surface area (Å²) in [5.74, 6) is -0.0707. The Morgan fingerprint density at radius 2 is 1.77 bits per heavy atom. The number of para-hydroxylation sites is 2. The Hall–Kier alpha value is -4.33. The number of imide groups is 1. The third-order valence-corrected chi connectivity index (χ3v) is 7.75. The molecule has 2 aliphatic heterocycles. The Morgan fingerprint density at radius 3 is 2.54 bits per heavy atom. The van der Waals surface area contributed by atoms with Crippen LogP contribution in [0.1, 0.15) is 49.9 Å². The number of H-pyrrole nitrogens is 1. The number of anilines is 1. The number of hydrogen-bond donors (Lipinski definition) is 1. The number of carbonyl (C=O) groups is 2. The van der Waals surface area contributed by atoms with E-state index >= 15 is 0 Å². The van der Waals surface area contributed by atoms with Gasteiger partial charge in [-0.05, 0) is 61.7 Å². The number of nitrogens with one attached hydrogen (secondary N) is 1. The number of ether oxygens (including phenoxy) is 2. The van der Waals surface area contributed by atoms with E-state index in [2.05, 4.69) is 4.98 Å². The smallest absolute Gasteiger partial charge is 0.332 e.